The van der Waals surface area contributed by atoms with E-state index in [0.717, 1.165) is 29.3 Å². The van der Waals surface area contributed by atoms with E-state index < -0.39 is 11.8 Å². The van der Waals surface area contributed by atoms with Crippen molar-refractivity contribution in [1.82, 2.24) is 4.98 Å². The average Bonchev–Trinajstić information content (AvgIpc) is 3.57. The van der Waals surface area contributed by atoms with Crippen LogP contribution in [0.5, 0.6) is 0 Å². The smallest absolute Gasteiger partial charge is 0.338 e. The van der Waals surface area contributed by atoms with Crippen molar-refractivity contribution in [2.24, 2.45) is 0 Å². The van der Waals surface area contributed by atoms with Crippen LogP contribution in [0, 0.1) is 5.82 Å². The van der Waals surface area contributed by atoms with Gasteiger partial charge < -0.3 is 10.1 Å². The first-order valence-electron chi connectivity index (χ1n) is 9.62. The number of H-pyrrole nitrogens is 1. The van der Waals surface area contributed by atoms with Gasteiger partial charge >= 0.3 is 5.97 Å². The fourth-order valence-corrected chi connectivity index (χ4v) is 4.15. The number of carboxylic acids is 1. The number of hydrogen-bond donors (Lipinski definition) is 2. The fraction of sp³-hybridized carbons (Fsp3) is 0.348. The number of aromatic nitrogens is 1. The highest BCUT2D eigenvalue weighted by Gasteiger charge is 2.42. The van der Waals surface area contributed by atoms with E-state index in [2.05, 4.69) is 30.1 Å². The zero-order valence-electron chi connectivity index (χ0n) is 15.3. The molecule has 0 amide bonds. The molecule has 0 aliphatic heterocycles. The summed E-state index contributed by atoms with van der Waals surface area (Å²) < 4.78 is 14.7. The second-order valence-corrected chi connectivity index (χ2v) is 8.38. The number of aromatic amines is 1. The molecule has 3 aromatic rings. The lowest BCUT2D eigenvalue weighted by Crippen LogP contribution is -2.07. The molecule has 1 heterocycles. The summed E-state index contributed by atoms with van der Waals surface area (Å²) >= 11 is 0. The molecule has 0 saturated heterocycles. The van der Waals surface area contributed by atoms with E-state index >= 15 is 0 Å². The standard InChI is InChI=1S/C23H22FNO2/c1-23(9-10-23)21-18(11-15-3-2-4-17(20(15)24)22(26)27)16-8-7-14(13-5-6-13)12-19(16)25-21/h2-4,7-8,12-13,25H,5-6,9-11H2,1H3,(H,26,27). The van der Waals surface area contributed by atoms with E-state index in [9.17, 15) is 14.3 Å². The normalized spacial score (nSPS) is 18.0. The predicted molar refractivity (Wildman–Crippen MR) is 103 cm³/mol. The van der Waals surface area contributed by atoms with Crippen molar-refractivity contribution in [3.05, 3.63) is 70.2 Å². The average molecular weight is 363 g/mol. The molecule has 0 bridgehead atoms. The molecule has 5 rings (SSSR count). The summed E-state index contributed by atoms with van der Waals surface area (Å²) in [4.78, 5) is 14.9. The highest BCUT2D eigenvalue weighted by atomic mass is 19.1. The van der Waals surface area contributed by atoms with Crippen molar-refractivity contribution in [2.45, 2.75) is 50.4 Å². The summed E-state index contributed by atoms with van der Waals surface area (Å²) in [5.74, 6) is -1.16. The summed E-state index contributed by atoms with van der Waals surface area (Å²) in [6, 6.07) is 11.2. The summed E-state index contributed by atoms with van der Waals surface area (Å²) in [5.41, 5.74) is 5.08. The number of carbonyl (C=O) groups is 1. The van der Waals surface area contributed by atoms with Gasteiger partial charge in [0.25, 0.3) is 0 Å². The van der Waals surface area contributed by atoms with E-state index in [4.69, 9.17) is 0 Å². The van der Waals surface area contributed by atoms with Gasteiger partial charge in [0.1, 0.15) is 5.82 Å². The maximum Gasteiger partial charge on any atom is 0.338 e. The summed E-state index contributed by atoms with van der Waals surface area (Å²) in [5, 5.41) is 10.4. The first-order valence-corrected chi connectivity index (χ1v) is 9.62. The molecule has 27 heavy (non-hydrogen) atoms. The largest absolute Gasteiger partial charge is 0.478 e. The van der Waals surface area contributed by atoms with Crippen LogP contribution in [0.1, 0.15) is 71.3 Å². The Morgan fingerprint density at radius 1 is 1.26 bits per heavy atom. The Kier molecular flexibility index (Phi) is 3.48. The number of fused-ring (bicyclic) bond motifs is 1. The Bertz CT molecular complexity index is 1070. The van der Waals surface area contributed by atoms with Crippen LogP contribution in [0.15, 0.2) is 36.4 Å². The van der Waals surface area contributed by atoms with Crippen LogP contribution in [0.2, 0.25) is 0 Å². The van der Waals surface area contributed by atoms with E-state index in [1.54, 1.807) is 12.1 Å². The maximum atomic E-state index is 14.7. The van der Waals surface area contributed by atoms with Gasteiger partial charge in [0.2, 0.25) is 0 Å². The van der Waals surface area contributed by atoms with Crippen LogP contribution in [0.25, 0.3) is 10.9 Å². The fourth-order valence-electron chi connectivity index (χ4n) is 4.15. The predicted octanol–water partition coefficient (Wildman–Crippen LogP) is 5.52. The van der Waals surface area contributed by atoms with Gasteiger partial charge in [0.15, 0.2) is 0 Å². The molecule has 138 valence electrons. The van der Waals surface area contributed by atoms with Crippen molar-refractivity contribution >= 4 is 16.9 Å². The van der Waals surface area contributed by atoms with Gasteiger partial charge in [-0.3, -0.25) is 0 Å². The lowest BCUT2D eigenvalue weighted by Gasteiger charge is -2.12. The molecule has 2 fully saturated rings. The number of benzene rings is 2. The molecular formula is C23H22FNO2. The molecule has 2 aliphatic carbocycles. The zero-order valence-corrected chi connectivity index (χ0v) is 15.3. The van der Waals surface area contributed by atoms with E-state index in [0.29, 0.717) is 17.9 Å². The number of nitrogens with one attached hydrogen (secondary N) is 1. The highest BCUT2D eigenvalue weighted by Crippen LogP contribution is 2.50. The number of halogens is 1. The van der Waals surface area contributed by atoms with E-state index in [-0.39, 0.29) is 11.0 Å². The highest BCUT2D eigenvalue weighted by molar-refractivity contribution is 5.89. The molecule has 2 N–H and O–H groups in total. The van der Waals surface area contributed by atoms with Crippen LogP contribution < -0.4 is 0 Å². The topological polar surface area (TPSA) is 53.1 Å². The molecule has 2 aromatic carbocycles. The summed E-state index contributed by atoms with van der Waals surface area (Å²) in [6.45, 7) is 2.24. The van der Waals surface area contributed by atoms with Crippen molar-refractivity contribution < 1.29 is 14.3 Å². The molecule has 3 nitrogen and oxygen atoms in total. The first kappa shape index (κ1) is 16.5. The molecule has 0 radical (unpaired) electrons. The van der Waals surface area contributed by atoms with Crippen LogP contribution >= 0.6 is 0 Å². The van der Waals surface area contributed by atoms with Gasteiger partial charge in [-0.2, -0.15) is 0 Å². The number of carboxylic acid groups (broad SMARTS) is 1. The molecule has 1 aromatic heterocycles. The summed E-state index contributed by atoms with van der Waals surface area (Å²) in [7, 11) is 0. The quantitative estimate of drug-likeness (QED) is 0.627. The minimum Gasteiger partial charge on any atom is -0.478 e. The number of rotatable bonds is 5. The molecule has 0 spiro atoms. The Hall–Kier alpha value is -2.62. The Labute approximate surface area is 157 Å². The van der Waals surface area contributed by atoms with Crippen molar-refractivity contribution in [1.29, 1.82) is 0 Å². The minimum atomic E-state index is -1.23. The van der Waals surface area contributed by atoms with Gasteiger partial charge in [-0.25, -0.2) is 9.18 Å². The van der Waals surface area contributed by atoms with Crippen molar-refractivity contribution in [3.8, 4) is 0 Å². The first-order chi connectivity index (χ1) is 13.0. The minimum absolute atomic E-state index is 0.120. The monoisotopic (exact) mass is 363 g/mol. The van der Waals surface area contributed by atoms with Crippen molar-refractivity contribution in [2.75, 3.05) is 0 Å². The van der Waals surface area contributed by atoms with Gasteiger partial charge in [0, 0.05) is 28.4 Å². The Morgan fingerprint density at radius 2 is 2.04 bits per heavy atom. The second kappa shape index (κ2) is 5.69. The van der Waals surface area contributed by atoms with Crippen LogP contribution in [-0.2, 0) is 11.8 Å². The van der Waals surface area contributed by atoms with Gasteiger partial charge in [-0.1, -0.05) is 31.2 Å². The van der Waals surface area contributed by atoms with Gasteiger partial charge in [0.05, 0.1) is 5.56 Å². The van der Waals surface area contributed by atoms with Crippen molar-refractivity contribution in [3.63, 3.8) is 0 Å². The van der Waals surface area contributed by atoms with E-state index in [1.807, 2.05) is 0 Å². The molecule has 4 heteroatoms. The van der Waals surface area contributed by atoms with Crippen LogP contribution in [0.3, 0.4) is 0 Å². The van der Waals surface area contributed by atoms with Gasteiger partial charge in [-0.15, -0.1) is 0 Å². The Morgan fingerprint density at radius 3 is 2.70 bits per heavy atom. The Balaban J connectivity index is 1.63. The molecule has 2 saturated carbocycles. The van der Waals surface area contributed by atoms with Crippen LogP contribution in [-0.4, -0.2) is 16.1 Å². The number of aromatic carboxylic acids is 1. The molecule has 0 unspecified atom stereocenters. The maximum absolute atomic E-state index is 14.7. The molecule has 2 aliphatic rings. The lowest BCUT2D eigenvalue weighted by atomic mass is 9.93. The SMILES string of the molecule is CC1(c2[nH]c3cc(C4CC4)ccc3c2Cc2cccc(C(=O)O)c2F)CC1. The van der Waals surface area contributed by atoms with E-state index in [1.165, 1.54) is 30.2 Å². The third kappa shape index (κ3) is 2.75. The number of hydrogen-bond acceptors (Lipinski definition) is 1. The summed E-state index contributed by atoms with van der Waals surface area (Å²) in [6.07, 6.45) is 5.17. The lowest BCUT2D eigenvalue weighted by molar-refractivity contribution is 0.0691. The molecule has 0 atom stereocenters. The van der Waals surface area contributed by atoms with Crippen LogP contribution in [0.4, 0.5) is 4.39 Å². The molecular weight excluding hydrogens is 341 g/mol. The zero-order chi connectivity index (χ0) is 18.8. The third-order valence-corrected chi connectivity index (χ3v) is 6.26. The third-order valence-electron chi connectivity index (χ3n) is 6.26. The second-order valence-electron chi connectivity index (χ2n) is 8.38. The van der Waals surface area contributed by atoms with Gasteiger partial charge in [-0.05, 0) is 60.4 Å².